The summed E-state index contributed by atoms with van der Waals surface area (Å²) in [6, 6.07) is 4.77. The van der Waals surface area contributed by atoms with Gasteiger partial charge in [-0.25, -0.2) is 0 Å². The molecular weight excluding hydrogens is 234 g/mol. The van der Waals surface area contributed by atoms with Gasteiger partial charge in [-0.2, -0.15) is 0 Å². The van der Waals surface area contributed by atoms with E-state index >= 15 is 0 Å². The topological polar surface area (TPSA) is 86.6 Å². The van der Waals surface area contributed by atoms with Gasteiger partial charge < -0.3 is 15.5 Å². The number of rotatable bonds is 4. The zero-order chi connectivity index (χ0) is 13.9. The van der Waals surface area contributed by atoms with E-state index in [0.29, 0.717) is 11.3 Å². The van der Waals surface area contributed by atoms with Gasteiger partial charge in [-0.1, -0.05) is 19.9 Å². The highest BCUT2D eigenvalue weighted by molar-refractivity contribution is 5.94. The van der Waals surface area contributed by atoms with E-state index in [9.17, 15) is 14.7 Å². The number of hydrogen-bond acceptors (Lipinski definition) is 3. The third-order valence-corrected chi connectivity index (χ3v) is 3.03. The quantitative estimate of drug-likeness (QED) is 0.763. The smallest absolute Gasteiger partial charge is 0.307 e. The second kappa shape index (κ2) is 5.53. The van der Waals surface area contributed by atoms with Crippen LogP contribution in [0.3, 0.4) is 0 Å². The van der Waals surface area contributed by atoms with Gasteiger partial charge in [0.2, 0.25) is 5.91 Å². The van der Waals surface area contributed by atoms with Gasteiger partial charge in [0.15, 0.2) is 0 Å². The lowest BCUT2D eigenvalue weighted by Crippen LogP contribution is -2.29. The van der Waals surface area contributed by atoms with E-state index in [2.05, 4.69) is 5.32 Å². The summed E-state index contributed by atoms with van der Waals surface area (Å²) in [6.07, 6.45) is 0. The van der Waals surface area contributed by atoms with Gasteiger partial charge in [0.1, 0.15) is 5.75 Å². The number of nitrogens with one attached hydrogen (secondary N) is 1. The molecule has 0 heterocycles. The van der Waals surface area contributed by atoms with Gasteiger partial charge in [-0.05, 0) is 18.6 Å². The van der Waals surface area contributed by atoms with Gasteiger partial charge >= 0.3 is 5.97 Å². The second-order valence-corrected chi connectivity index (χ2v) is 4.41. The molecule has 18 heavy (non-hydrogen) atoms. The maximum Gasteiger partial charge on any atom is 0.307 e. The summed E-state index contributed by atoms with van der Waals surface area (Å²) in [5.41, 5.74) is 1.16. The molecular formula is C13H17NO4. The van der Waals surface area contributed by atoms with Crippen LogP contribution in [-0.4, -0.2) is 22.1 Å². The Morgan fingerprint density at radius 1 is 1.22 bits per heavy atom. The van der Waals surface area contributed by atoms with E-state index in [-0.39, 0.29) is 11.7 Å². The van der Waals surface area contributed by atoms with Crippen LogP contribution in [0.15, 0.2) is 18.2 Å². The molecule has 1 rings (SSSR count). The number of carbonyl (C=O) groups is 2. The Morgan fingerprint density at radius 2 is 1.83 bits per heavy atom. The molecule has 1 amide bonds. The van der Waals surface area contributed by atoms with Crippen LogP contribution in [0, 0.1) is 18.8 Å². The first-order valence-electron chi connectivity index (χ1n) is 5.66. The zero-order valence-electron chi connectivity index (χ0n) is 10.6. The Balaban J connectivity index is 2.75. The lowest BCUT2D eigenvalue weighted by Gasteiger charge is -2.16. The number of carbonyl (C=O) groups excluding carboxylic acids is 1. The fourth-order valence-corrected chi connectivity index (χ4v) is 1.38. The minimum atomic E-state index is -1.01. The van der Waals surface area contributed by atoms with Crippen LogP contribution < -0.4 is 5.32 Å². The number of phenolic OH excluding ortho intramolecular Hbond substituents is 1. The standard InChI is InChI=1S/C13H17NO4/c1-7-4-5-10(6-11(7)15)14-12(16)8(2)9(3)13(17)18/h4-6,8-9,15H,1-3H3,(H,14,16)(H,17,18). The number of anilines is 1. The Hall–Kier alpha value is -2.04. The SMILES string of the molecule is Cc1ccc(NC(=O)C(C)C(C)C(=O)O)cc1O. The van der Waals surface area contributed by atoms with Crippen molar-refractivity contribution in [3.05, 3.63) is 23.8 Å². The summed E-state index contributed by atoms with van der Waals surface area (Å²) >= 11 is 0. The molecule has 2 unspecified atom stereocenters. The molecule has 0 aromatic heterocycles. The van der Waals surface area contributed by atoms with Gasteiger partial charge in [0, 0.05) is 17.7 Å². The highest BCUT2D eigenvalue weighted by Crippen LogP contribution is 2.22. The number of aryl methyl sites for hydroxylation is 1. The predicted octanol–water partition coefficient (Wildman–Crippen LogP) is 2.00. The molecule has 0 spiro atoms. The summed E-state index contributed by atoms with van der Waals surface area (Å²) in [7, 11) is 0. The Bertz CT molecular complexity index is 470. The number of phenols is 1. The molecule has 2 atom stereocenters. The summed E-state index contributed by atoms with van der Waals surface area (Å²) < 4.78 is 0. The van der Waals surface area contributed by atoms with Gasteiger partial charge in [-0.3, -0.25) is 9.59 Å². The fraction of sp³-hybridized carbons (Fsp3) is 0.385. The van der Waals surface area contributed by atoms with Gasteiger partial charge in [0.05, 0.1) is 5.92 Å². The molecule has 98 valence electrons. The number of aliphatic carboxylic acids is 1. The van der Waals surface area contributed by atoms with Crippen molar-refractivity contribution in [1.29, 1.82) is 0 Å². The first-order chi connectivity index (χ1) is 8.32. The molecule has 0 aliphatic rings. The molecule has 0 saturated carbocycles. The summed E-state index contributed by atoms with van der Waals surface area (Å²) in [4.78, 5) is 22.6. The molecule has 0 aliphatic carbocycles. The van der Waals surface area contributed by atoms with Crippen LogP contribution in [0.2, 0.25) is 0 Å². The summed E-state index contributed by atoms with van der Waals surface area (Å²) in [5, 5.41) is 20.9. The minimum Gasteiger partial charge on any atom is -0.508 e. The largest absolute Gasteiger partial charge is 0.508 e. The third-order valence-electron chi connectivity index (χ3n) is 3.03. The number of hydrogen-bond donors (Lipinski definition) is 3. The molecule has 5 nitrogen and oxygen atoms in total. The number of carboxylic acid groups (broad SMARTS) is 1. The first-order valence-corrected chi connectivity index (χ1v) is 5.66. The first kappa shape index (κ1) is 14.0. The van der Waals surface area contributed by atoms with Crippen molar-refractivity contribution in [3.8, 4) is 5.75 Å². The van der Waals surface area contributed by atoms with Crippen molar-refractivity contribution in [2.75, 3.05) is 5.32 Å². The van der Waals surface area contributed by atoms with Crippen molar-refractivity contribution >= 4 is 17.6 Å². The number of benzene rings is 1. The fourth-order valence-electron chi connectivity index (χ4n) is 1.38. The van der Waals surface area contributed by atoms with E-state index in [1.165, 1.54) is 13.0 Å². The van der Waals surface area contributed by atoms with E-state index in [4.69, 9.17) is 5.11 Å². The molecule has 3 N–H and O–H groups in total. The minimum absolute atomic E-state index is 0.0896. The number of amides is 1. The second-order valence-electron chi connectivity index (χ2n) is 4.41. The Labute approximate surface area is 105 Å². The van der Waals surface area contributed by atoms with Gasteiger partial charge in [-0.15, -0.1) is 0 Å². The average molecular weight is 251 g/mol. The van der Waals surface area contributed by atoms with Crippen molar-refractivity contribution in [1.82, 2.24) is 0 Å². The highest BCUT2D eigenvalue weighted by atomic mass is 16.4. The van der Waals surface area contributed by atoms with Crippen LogP contribution in [0.4, 0.5) is 5.69 Å². The van der Waals surface area contributed by atoms with E-state index in [1.807, 2.05) is 0 Å². The molecule has 0 fully saturated rings. The van der Waals surface area contributed by atoms with Crippen molar-refractivity contribution in [2.45, 2.75) is 20.8 Å². The lowest BCUT2D eigenvalue weighted by atomic mass is 9.95. The van der Waals surface area contributed by atoms with Crippen LogP contribution in [-0.2, 0) is 9.59 Å². The van der Waals surface area contributed by atoms with Gasteiger partial charge in [0.25, 0.3) is 0 Å². The van der Waals surface area contributed by atoms with Crippen LogP contribution in [0.5, 0.6) is 5.75 Å². The Kier molecular flexibility index (Phi) is 4.31. The monoisotopic (exact) mass is 251 g/mol. The molecule has 1 aromatic carbocycles. The van der Waals surface area contributed by atoms with Crippen molar-refractivity contribution in [2.24, 2.45) is 11.8 Å². The van der Waals surface area contributed by atoms with Crippen LogP contribution in [0.25, 0.3) is 0 Å². The van der Waals surface area contributed by atoms with E-state index in [1.54, 1.807) is 26.0 Å². The maximum absolute atomic E-state index is 11.8. The van der Waals surface area contributed by atoms with E-state index in [0.717, 1.165) is 0 Å². The molecule has 1 aromatic rings. The average Bonchev–Trinajstić information content (AvgIpc) is 2.31. The summed E-state index contributed by atoms with van der Waals surface area (Å²) in [6.45, 7) is 4.79. The normalized spacial score (nSPS) is 13.7. The maximum atomic E-state index is 11.8. The zero-order valence-corrected chi connectivity index (χ0v) is 10.6. The third kappa shape index (κ3) is 3.23. The van der Waals surface area contributed by atoms with Crippen LogP contribution in [0.1, 0.15) is 19.4 Å². The molecule has 0 aliphatic heterocycles. The lowest BCUT2D eigenvalue weighted by molar-refractivity contribution is -0.145. The predicted molar refractivity (Wildman–Crippen MR) is 67.4 cm³/mol. The Morgan fingerprint density at radius 3 is 2.33 bits per heavy atom. The van der Waals surface area contributed by atoms with Crippen LogP contribution >= 0.6 is 0 Å². The number of aromatic hydroxyl groups is 1. The molecule has 0 saturated heterocycles. The molecule has 0 bridgehead atoms. The molecule has 5 heteroatoms. The molecule has 0 radical (unpaired) electrons. The highest BCUT2D eigenvalue weighted by Gasteiger charge is 2.25. The van der Waals surface area contributed by atoms with Crippen molar-refractivity contribution < 1.29 is 19.8 Å². The van der Waals surface area contributed by atoms with E-state index < -0.39 is 17.8 Å². The summed E-state index contributed by atoms with van der Waals surface area (Å²) in [5.74, 6) is -2.71. The number of carboxylic acids is 1. The van der Waals surface area contributed by atoms with Crippen molar-refractivity contribution in [3.63, 3.8) is 0 Å².